The van der Waals surface area contributed by atoms with Crippen LogP contribution in [0.25, 0.3) is 0 Å². The summed E-state index contributed by atoms with van der Waals surface area (Å²) in [4.78, 5) is 4.21. The Balaban J connectivity index is 2.72. The fourth-order valence-corrected chi connectivity index (χ4v) is 1.74. The number of halogens is 1. The Morgan fingerprint density at radius 2 is 2.36 bits per heavy atom. The maximum atomic E-state index is 5.04. The molecule has 1 aromatic heterocycles. The monoisotopic (exact) mass is 273 g/mol. The minimum Gasteiger partial charge on any atom is -0.363 e. The van der Waals surface area contributed by atoms with Crippen molar-refractivity contribution >= 4 is 39.1 Å². The van der Waals surface area contributed by atoms with Gasteiger partial charge in [0.2, 0.25) is 0 Å². The molecule has 3 nitrogen and oxygen atoms in total. The maximum absolute atomic E-state index is 5.04. The van der Waals surface area contributed by atoms with Gasteiger partial charge in [-0.3, -0.25) is 0 Å². The lowest BCUT2D eigenvalue weighted by Crippen LogP contribution is -2.28. The minimum atomic E-state index is 0.588. The summed E-state index contributed by atoms with van der Waals surface area (Å²) >= 11 is 8.46. The maximum Gasteiger partial charge on any atom is 0.171 e. The molecule has 0 bridgehead atoms. The van der Waals surface area contributed by atoms with Crippen LogP contribution in [0, 0.1) is 6.92 Å². The zero-order chi connectivity index (χ0) is 10.6. The molecule has 0 aliphatic rings. The summed E-state index contributed by atoms with van der Waals surface area (Å²) in [6, 6.07) is 1.99. The predicted octanol–water partition coefficient (Wildman–Crippen LogP) is 2.46. The highest BCUT2D eigenvalue weighted by Crippen LogP contribution is 2.20. The number of aryl methyl sites for hydroxylation is 1. The summed E-state index contributed by atoms with van der Waals surface area (Å²) in [5, 5.41) is 6.58. The highest BCUT2D eigenvalue weighted by Gasteiger charge is 2.02. The van der Waals surface area contributed by atoms with E-state index in [0.29, 0.717) is 5.11 Å². The van der Waals surface area contributed by atoms with Crippen LogP contribution in [0.5, 0.6) is 0 Å². The number of anilines is 1. The van der Waals surface area contributed by atoms with Gasteiger partial charge in [-0.2, -0.15) is 0 Å². The molecule has 2 N–H and O–H groups in total. The smallest absolute Gasteiger partial charge is 0.171 e. The van der Waals surface area contributed by atoms with Gasteiger partial charge in [-0.15, -0.1) is 0 Å². The summed E-state index contributed by atoms with van der Waals surface area (Å²) in [5.41, 5.74) is 1.11. The lowest BCUT2D eigenvalue weighted by Gasteiger charge is -2.09. The number of nitrogens with one attached hydrogen (secondary N) is 2. The van der Waals surface area contributed by atoms with Gasteiger partial charge in [-0.05, 0) is 53.6 Å². The molecule has 0 amide bonds. The van der Waals surface area contributed by atoms with E-state index in [4.69, 9.17) is 12.2 Å². The molecule has 1 aromatic rings. The van der Waals surface area contributed by atoms with Crippen LogP contribution >= 0.6 is 28.1 Å². The molecule has 0 atom stereocenters. The molecule has 0 fully saturated rings. The van der Waals surface area contributed by atoms with E-state index in [2.05, 4.69) is 31.5 Å². The molecular weight excluding hydrogens is 262 g/mol. The molecule has 5 heteroatoms. The van der Waals surface area contributed by atoms with E-state index in [1.54, 1.807) is 6.20 Å². The van der Waals surface area contributed by atoms with Crippen LogP contribution in [0.4, 0.5) is 5.82 Å². The van der Waals surface area contributed by atoms with Crippen molar-refractivity contribution < 1.29 is 0 Å². The number of rotatable bonds is 2. The van der Waals surface area contributed by atoms with Crippen LogP contribution in [0.2, 0.25) is 0 Å². The van der Waals surface area contributed by atoms with Crippen molar-refractivity contribution in [3.8, 4) is 0 Å². The molecule has 0 unspecified atom stereocenters. The summed E-state index contributed by atoms with van der Waals surface area (Å²) in [6.45, 7) is 4.78. The SMILES string of the molecule is CCNC(=S)Nc1ncc(C)cc1Br. The third-order valence-electron chi connectivity index (χ3n) is 1.55. The molecule has 1 heterocycles. The first kappa shape index (κ1) is 11.4. The topological polar surface area (TPSA) is 37.0 Å². The first-order valence-electron chi connectivity index (χ1n) is 4.30. The van der Waals surface area contributed by atoms with Gasteiger partial charge in [-0.25, -0.2) is 4.98 Å². The van der Waals surface area contributed by atoms with Crippen LogP contribution in [-0.2, 0) is 0 Å². The predicted molar refractivity (Wildman–Crippen MR) is 66.6 cm³/mol. The number of hydrogen-bond acceptors (Lipinski definition) is 2. The van der Waals surface area contributed by atoms with Crippen molar-refractivity contribution in [1.82, 2.24) is 10.3 Å². The first-order chi connectivity index (χ1) is 6.63. The lowest BCUT2D eigenvalue weighted by molar-refractivity contribution is 0.977. The third kappa shape index (κ3) is 3.23. The number of hydrogen-bond donors (Lipinski definition) is 2. The normalized spacial score (nSPS) is 9.64. The average Bonchev–Trinajstić information content (AvgIpc) is 2.10. The van der Waals surface area contributed by atoms with Gasteiger partial charge in [0.05, 0.1) is 4.47 Å². The van der Waals surface area contributed by atoms with Crippen LogP contribution in [0.3, 0.4) is 0 Å². The molecule has 14 heavy (non-hydrogen) atoms. The molecule has 76 valence electrons. The second-order valence-electron chi connectivity index (χ2n) is 2.83. The minimum absolute atomic E-state index is 0.588. The first-order valence-corrected chi connectivity index (χ1v) is 5.50. The number of nitrogens with zero attached hydrogens (tertiary/aromatic N) is 1. The fraction of sp³-hybridized carbons (Fsp3) is 0.333. The molecule has 0 aliphatic carbocycles. The molecule has 0 aromatic carbocycles. The van der Waals surface area contributed by atoms with Crippen molar-refractivity contribution in [3.63, 3.8) is 0 Å². The molecule has 0 spiro atoms. The fourth-order valence-electron chi connectivity index (χ4n) is 0.938. The summed E-state index contributed by atoms with van der Waals surface area (Å²) in [6.07, 6.45) is 1.79. The highest BCUT2D eigenvalue weighted by atomic mass is 79.9. The van der Waals surface area contributed by atoms with Crippen LogP contribution in [-0.4, -0.2) is 16.6 Å². The molecule has 0 aliphatic heterocycles. The largest absolute Gasteiger partial charge is 0.363 e. The van der Waals surface area contributed by atoms with Gasteiger partial charge in [0, 0.05) is 12.7 Å². The van der Waals surface area contributed by atoms with E-state index >= 15 is 0 Å². The Hall–Kier alpha value is -0.680. The van der Waals surface area contributed by atoms with Crippen LogP contribution < -0.4 is 10.6 Å². The van der Waals surface area contributed by atoms with E-state index in [0.717, 1.165) is 22.4 Å². The average molecular weight is 274 g/mol. The Morgan fingerprint density at radius 1 is 1.64 bits per heavy atom. The summed E-state index contributed by atoms with van der Waals surface area (Å²) in [7, 11) is 0. The van der Waals surface area contributed by atoms with Gasteiger partial charge in [0.1, 0.15) is 5.82 Å². The zero-order valence-electron chi connectivity index (χ0n) is 8.10. The Kier molecular flexibility index (Phi) is 4.28. The standard InChI is InChI=1S/C9H12BrN3S/c1-3-11-9(14)13-8-7(10)4-6(2)5-12-8/h4-5H,3H2,1-2H3,(H2,11,12,13,14). The molecule has 1 rings (SSSR count). The Morgan fingerprint density at radius 3 is 2.93 bits per heavy atom. The van der Waals surface area contributed by atoms with E-state index in [1.165, 1.54) is 0 Å². The quantitative estimate of drug-likeness (QED) is 0.812. The van der Waals surface area contributed by atoms with Gasteiger partial charge >= 0.3 is 0 Å². The van der Waals surface area contributed by atoms with E-state index in [1.807, 2.05) is 19.9 Å². The molecule has 0 saturated heterocycles. The number of aromatic nitrogens is 1. The van der Waals surface area contributed by atoms with Crippen LogP contribution in [0.1, 0.15) is 12.5 Å². The second-order valence-corrected chi connectivity index (χ2v) is 4.09. The van der Waals surface area contributed by atoms with E-state index in [9.17, 15) is 0 Å². The van der Waals surface area contributed by atoms with Crippen molar-refractivity contribution in [2.24, 2.45) is 0 Å². The third-order valence-corrected chi connectivity index (χ3v) is 2.40. The van der Waals surface area contributed by atoms with E-state index < -0.39 is 0 Å². The van der Waals surface area contributed by atoms with Gasteiger partial charge in [0.25, 0.3) is 0 Å². The van der Waals surface area contributed by atoms with Crippen molar-refractivity contribution in [1.29, 1.82) is 0 Å². The van der Waals surface area contributed by atoms with Crippen molar-refractivity contribution in [2.45, 2.75) is 13.8 Å². The van der Waals surface area contributed by atoms with Gasteiger partial charge in [-0.1, -0.05) is 0 Å². The van der Waals surface area contributed by atoms with Crippen LogP contribution in [0.15, 0.2) is 16.7 Å². The zero-order valence-corrected chi connectivity index (χ0v) is 10.5. The number of thiocarbonyl (C=S) groups is 1. The van der Waals surface area contributed by atoms with E-state index in [-0.39, 0.29) is 0 Å². The van der Waals surface area contributed by atoms with Gasteiger partial charge in [0.15, 0.2) is 5.11 Å². The lowest BCUT2D eigenvalue weighted by atomic mass is 10.3. The molecule has 0 saturated carbocycles. The Bertz CT molecular complexity index is 341. The number of pyridine rings is 1. The second kappa shape index (κ2) is 5.26. The Labute approximate surface area is 97.4 Å². The van der Waals surface area contributed by atoms with Gasteiger partial charge < -0.3 is 10.6 Å². The molecular formula is C9H12BrN3S. The molecule has 0 radical (unpaired) electrons. The summed E-state index contributed by atoms with van der Waals surface area (Å²) < 4.78 is 0.915. The van der Waals surface area contributed by atoms with Crippen molar-refractivity contribution in [2.75, 3.05) is 11.9 Å². The van der Waals surface area contributed by atoms with Crippen molar-refractivity contribution in [3.05, 3.63) is 22.3 Å². The summed E-state index contributed by atoms with van der Waals surface area (Å²) in [5.74, 6) is 0.738. The highest BCUT2D eigenvalue weighted by molar-refractivity contribution is 9.10.